The lowest BCUT2D eigenvalue weighted by Gasteiger charge is -2.17. The Balaban J connectivity index is 4.92. The molecule has 0 N–H and O–H groups in total. The summed E-state index contributed by atoms with van der Waals surface area (Å²) in [5.41, 5.74) is 3.90. The van der Waals surface area contributed by atoms with Gasteiger partial charge in [-0.1, -0.05) is 257 Å². The van der Waals surface area contributed by atoms with E-state index < -0.39 is 0 Å². The summed E-state index contributed by atoms with van der Waals surface area (Å²) in [5.74, 6) is 0. The minimum atomic E-state index is 1.37. The van der Waals surface area contributed by atoms with Gasteiger partial charge in [0.15, 0.2) is 0 Å². The number of unbranched alkanes of at least 4 members (excludes halogenated alkanes) is 34. The lowest BCUT2D eigenvalue weighted by Crippen LogP contribution is -1.97. The molecule has 0 rings (SSSR count). The first-order chi connectivity index (χ1) is 23.8. The summed E-state index contributed by atoms with van der Waals surface area (Å²) in [4.78, 5) is 0. The number of allylic oxidation sites excluding steroid dienone is 2. The van der Waals surface area contributed by atoms with Gasteiger partial charge in [0.25, 0.3) is 0 Å². The zero-order valence-electron chi connectivity index (χ0n) is 34.7. The topological polar surface area (TPSA) is 0 Å². The molecule has 288 valence electrons. The highest BCUT2D eigenvalue weighted by atomic mass is 14.2. The van der Waals surface area contributed by atoms with Crippen LogP contribution in [0.1, 0.15) is 297 Å². The minimum absolute atomic E-state index is 1.37. The van der Waals surface area contributed by atoms with Gasteiger partial charge in [0.05, 0.1) is 0 Å². The van der Waals surface area contributed by atoms with Gasteiger partial charge in [-0.25, -0.2) is 0 Å². The van der Waals surface area contributed by atoms with Crippen molar-refractivity contribution >= 4 is 0 Å². The van der Waals surface area contributed by atoms with Crippen molar-refractivity contribution in [3.63, 3.8) is 0 Å². The minimum Gasteiger partial charge on any atom is -0.0710 e. The Hall–Kier alpha value is -0.260. The third-order valence-corrected chi connectivity index (χ3v) is 11.3. The molecule has 0 heterocycles. The first kappa shape index (κ1) is 47.7. The summed E-state index contributed by atoms with van der Waals surface area (Å²) in [6.45, 7) is 9.33. The predicted molar refractivity (Wildman–Crippen MR) is 224 cm³/mol. The molecule has 0 aromatic heterocycles. The van der Waals surface area contributed by atoms with E-state index in [1.807, 2.05) is 11.1 Å². The Kier molecular flexibility index (Phi) is 42.7. The van der Waals surface area contributed by atoms with E-state index in [1.165, 1.54) is 270 Å². The maximum atomic E-state index is 2.34. The molecular weight excluding hydrogens is 577 g/mol. The molecule has 0 aliphatic rings. The van der Waals surface area contributed by atoms with E-state index in [2.05, 4.69) is 27.7 Å². The highest BCUT2D eigenvalue weighted by Crippen LogP contribution is 2.29. The van der Waals surface area contributed by atoms with Crippen LogP contribution >= 0.6 is 0 Å². The zero-order valence-corrected chi connectivity index (χ0v) is 34.7. The largest absolute Gasteiger partial charge is 0.0710 e. The van der Waals surface area contributed by atoms with Gasteiger partial charge in [-0.2, -0.15) is 0 Å². The predicted octanol–water partition coefficient (Wildman–Crippen LogP) is 18.7. The van der Waals surface area contributed by atoms with E-state index in [0.29, 0.717) is 0 Å². The normalized spacial score (nSPS) is 11.5. The van der Waals surface area contributed by atoms with Crippen LogP contribution in [0.15, 0.2) is 11.1 Å². The molecule has 0 aromatic carbocycles. The van der Waals surface area contributed by atoms with E-state index in [4.69, 9.17) is 0 Å². The highest BCUT2D eigenvalue weighted by molar-refractivity contribution is 5.15. The molecule has 0 bridgehead atoms. The number of hydrogen-bond acceptors (Lipinski definition) is 0. The summed E-state index contributed by atoms with van der Waals surface area (Å²) < 4.78 is 0. The summed E-state index contributed by atoms with van der Waals surface area (Å²) in [5, 5.41) is 0. The van der Waals surface area contributed by atoms with Crippen molar-refractivity contribution in [2.24, 2.45) is 0 Å². The highest BCUT2D eigenvalue weighted by Gasteiger charge is 2.09. The van der Waals surface area contributed by atoms with Gasteiger partial charge >= 0.3 is 0 Å². The van der Waals surface area contributed by atoms with E-state index in [0.717, 1.165) is 0 Å². The average molecular weight is 673 g/mol. The van der Waals surface area contributed by atoms with Crippen LogP contribution in [-0.2, 0) is 0 Å². The molecule has 0 nitrogen and oxygen atoms in total. The number of hydrogen-bond donors (Lipinski definition) is 0. The lowest BCUT2D eigenvalue weighted by atomic mass is 9.89. The molecule has 0 saturated heterocycles. The summed E-state index contributed by atoms with van der Waals surface area (Å²) in [6, 6.07) is 0. The second-order valence-electron chi connectivity index (χ2n) is 16.2. The molecule has 0 aliphatic heterocycles. The molecule has 0 heteroatoms. The van der Waals surface area contributed by atoms with Crippen LogP contribution in [0.25, 0.3) is 0 Å². The van der Waals surface area contributed by atoms with Crippen LogP contribution in [0.4, 0.5) is 0 Å². The summed E-state index contributed by atoms with van der Waals surface area (Å²) >= 11 is 0. The quantitative estimate of drug-likeness (QED) is 0.0447. The van der Waals surface area contributed by atoms with Crippen molar-refractivity contribution in [3.05, 3.63) is 11.1 Å². The maximum Gasteiger partial charge on any atom is -0.0318 e. The lowest BCUT2D eigenvalue weighted by molar-refractivity contribution is 0.536. The van der Waals surface area contributed by atoms with Crippen molar-refractivity contribution < 1.29 is 0 Å². The summed E-state index contributed by atoms with van der Waals surface area (Å²) in [7, 11) is 0. The Morgan fingerprint density at radius 1 is 0.167 bits per heavy atom. The molecule has 0 spiro atoms. The Morgan fingerprint density at radius 3 is 0.438 bits per heavy atom. The van der Waals surface area contributed by atoms with Crippen molar-refractivity contribution in [1.82, 2.24) is 0 Å². The van der Waals surface area contributed by atoms with Gasteiger partial charge in [0.1, 0.15) is 0 Å². The van der Waals surface area contributed by atoms with Crippen LogP contribution in [-0.4, -0.2) is 0 Å². The Morgan fingerprint density at radius 2 is 0.292 bits per heavy atom. The van der Waals surface area contributed by atoms with Gasteiger partial charge in [0, 0.05) is 0 Å². The van der Waals surface area contributed by atoms with E-state index in [-0.39, 0.29) is 0 Å². The van der Waals surface area contributed by atoms with Gasteiger partial charge in [-0.15, -0.1) is 0 Å². The summed E-state index contributed by atoms with van der Waals surface area (Å²) in [6.07, 6.45) is 61.1. The van der Waals surface area contributed by atoms with Gasteiger partial charge in [0.2, 0.25) is 0 Å². The van der Waals surface area contributed by atoms with Gasteiger partial charge in [-0.3, -0.25) is 0 Å². The van der Waals surface area contributed by atoms with Crippen molar-refractivity contribution in [2.45, 2.75) is 297 Å². The van der Waals surface area contributed by atoms with E-state index >= 15 is 0 Å². The molecule has 0 amide bonds. The molecule has 0 radical (unpaired) electrons. The van der Waals surface area contributed by atoms with Crippen molar-refractivity contribution in [1.29, 1.82) is 0 Å². The van der Waals surface area contributed by atoms with Crippen LogP contribution in [0.3, 0.4) is 0 Å². The maximum absolute atomic E-state index is 2.34. The Labute approximate surface area is 307 Å². The molecule has 0 aliphatic carbocycles. The first-order valence-corrected chi connectivity index (χ1v) is 23.5. The van der Waals surface area contributed by atoms with E-state index in [9.17, 15) is 0 Å². The second-order valence-corrected chi connectivity index (χ2v) is 16.2. The van der Waals surface area contributed by atoms with Crippen LogP contribution < -0.4 is 0 Å². The molecule has 0 atom stereocenters. The monoisotopic (exact) mass is 673 g/mol. The third-order valence-electron chi connectivity index (χ3n) is 11.3. The van der Waals surface area contributed by atoms with Gasteiger partial charge in [-0.05, 0) is 51.4 Å². The molecule has 0 aromatic rings. The molecule has 0 saturated carbocycles. The second kappa shape index (κ2) is 42.9. The molecule has 48 heavy (non-hydrogen) atoms. The fourth-order valence-corrected chi connectivity index (χ4v) is 7.91. The van der Waals surface area contributed by atoms with Crippen LogP contribution in [0, 0.1) is 0 Å². The standard InChI is InChI=1S/C48H96/c1-5-9-13-17-21-25-28-32-36-40-44-47(43-39-35-31-24-20-16-12-8-4)48(45-41-37-33-29-26-22-18-14-10-6-2)46-42-38-34-30-27-23-19-15-11-7-3/h5-46H2,1-4H3. The molecule has 0 unspecified atom stereocenters. The first-order valence-electron chi connectivity index (χ1n) is 23.5. The molecule has 0 fully saturated rings. The Bertz CT molecular complexity index is 573. The smallest absolute Gasteiger partial charge is 0.0318 e. The van der Waals surface area contributed by atoms with Crippen LogP contribution in [0.2, 0.25) is 0 Å². The molecular formula is C48H96. The van der Waals surface area contributed by atoms with Crippen molar-refractivity contribution in [2.75, 3.05) is 0 Å². The van der Waals surface area contributed by atoms with E-state index in [1.54, 1.807) is 0 Å². The average Bonchev–Trinajstić information content (AvgIpc) is 3.10. The number of rotatable bonds is 42. The fraction of sp³-hybridized carbons (Fsp3) is 0.958. The SMILES string of the molecule is CCCCCCCCCCCCC(CCCCCCCCCC)=C(CCCCCCCCCCCC)CCCCCCCCCCCC. The zero-order chi connectivity index (χ0) is 34.9. The van der Waals surface area contributed by atoms with Crippen LogP contribution in [0.5, 0.6) is 0 Å². The van der Waals surface area contributed by atoms with Crippen molar-refractivity contribution in [3.8, 4) is 0 Å². The fourth-order valence-electron chi connectivity index (χ4n) is 7.91. The van der Waals surface area contributed by atoms with Gasteiger partial charge < -0.3 is 0 Å². The third kappa shape index (κ3) is 37.0.